The number of ether oxygens (including phenoxy) is 1. The van der Waals surface area contributed by atoms with E-state index in [-0.39, 0.29) is 12.7 Å². The number of rotatable bonds is 4. The number of aromatic nitrogens is 2. The van der Waals surface area contributed by atoms with Crippen molar-refractivity contribution in [2.75, 3.05) is 24.6 Å². The molecule has 0 aromatic carbocycles. The number of hydrogen-bond donors (Lipinski definition) is 1. The van der Waals surface area contributed by atoms with Crippen LogP contribution in [0.5, 0.6) is 0 Å². The lowest BCUT2D eigenvalue weighted by Crippen LogP contribution is -2.38. The highest BCUT2D eigenvalue weighted by Gasteiger charge is 2.21. The van der Waals surface area contributed by atoms with E-state index in [1.807, 2.05) is 6.92 Å². The maximum atomic E-state index is 10.4. The van der Waals surface area contributed by atoms with Crippen LogP contribution >= 0.6 is 0 Å². The molecule has 0 atom stereocenters. The molecule has 6 heteroatoms. The van der Waals surface area contributed by atoms with Gasteiger partial charge < -0.3 is 14.7 Å². The molecule has 1 N–H and O–H groups in total. The van der Waals surface area contributed by atoms with Crippen LogP contribution in [0.4, 0.5) is 5.95 Å². The standard InChI is InChI=1S/C12H17N3O3/c1-9-6-13-12(14-7-9)15-4-2-10(3-5-15)18-8-11(16)17/h6-7,10H,2-5,8H2,1H3,(H,16,17). The van der Waals surface area contributed by atoms with E-state index in [2.05, 4.69) is 14.9 Å². The van der Waals surface area contributed by atoms with E-state index in [0.29, 0.717) is 0 Å². The Morgan fingerprint density at radius 1 is 1.44 bits per heavy atom. The molecule has 1 fully saturated rings. The van der Waals surface area contributed by atoms with E-state index in [1.165, 1.54) is 0 Å². The molecule has 98 valence electrons. The number of nitrogens with zero attached hydrogens (tertiary/aromatic N) is 3. The van der Waals surface area contributed by atoms with Gasteiger partial charge in [0.15, 0.2) is 0 Å². The Morgan fingerprint density at radius 3 is 2.61 bits per heavy atom. The number of carboxylic acid groups (broad SMARTS) is 1. The predicted octanol–water partition coefficient (Wildman–Crippen LogP) is 0.855. The molecule has 0 bridgehead atoms. The molecule has 1 saturated heterocycles. The quantitative estimate of drug-likeness (QED) is 0.855. The minimum atomic E-state index is -0.917. The van der Waals surface area contributed by atoms with Crippen molar-refractivity contribution in [3.05, 3.63) is 18.0 Å². The Labute approximate surface area is 106 Å². The Balaban J connectivity index is 1.83. The van der Waals surface area contributed by atoms with Gasteiger partial charge in [0, 0.05) is 25.5 Å². The Bertz CT molecular complexity index is 400. The Kier molecular flexibility index (Phi) is 4.09. The maximum absolute atomic E-state index is 10.4. The zero-order chi connectivity index (χ0) is 13.0. The van der Waals surface area contributed by atoms with E-state index >= 15 is 0 Å². The van der Waals surface area contributed by atoms with Crippen molar-refractivity contribution < 1.29 is 14.6 Å². The number of piperidine rings is 1. The lowest BCUT2D eigenvalue weighted by Gasteiger charge is -2.31. The first-order chi connectivity index (χ1) is 8.65. The smallest absolute Gasteiger partial charge is 0.329 e. The third kappa shape index (κ3) is 3.40. The summed E-state index contributed by atoms with van der Waals surface area (Å²) in [6.45, 7) is 3.34. The van der Waals surface area contributed by atoms with Crippen molar-refractivity contribution in [1.82, 2.24) is 9.97 Å². The summed E-state index contributed by atoms with van der Waals surface area (Å²) >= 11 is 0. The molecule has 1 aliphatic rings. The summed E-state index contributed by atoms with van der Waals surface area (Å²) in [6.07, 6.45) is 5.25. The number of aliphatic carboxylic acids is 1. The second-order valence-corrected chi connectivity index (χ2v) is 4.45. The van der Waals surface area contributed by atoms with Crippen molar-refractivity contribution in [2.45, 2.75) is 25.9 Å². The zero-order valence-electron chi connectivity index (χ0n) is 10.4. The third-order valence-electron chi connectivity index (χ3n) is 2.93. The molecular formula is C12H17N3O3. The third-order valence-corrected chi connectivity index (χ3v) is 2.93. The molecule has 2 heterocycles. The number of hydrogen-bond acceptors (Lipinski definition) is 5. The molecule has 1 aromatic heterocycles. The molecule has 0 amide bonds. The minimum Gasteiger partial charge on any atom is -0.480 e. The second kappa shape index (κ2) is 5.77. The van der Waals surface area contributed by atoms with Crippen molar-refractivity contribution in [2.24, 2.45) is 0 Å². The fourth-order valence-corrected chi connectivity index (χ4v) is 1.96. The number of carboxylic acids is 1. The first-order valence-electron chi connectivity index (χ1n) is 6.02. The highest BCUT2D eigenvalue weighted by atomic mass is 16.5. The van der Waals surface area contributed by atoms with Crippen LogP contribution in [0.2, 0.25) is 0 Å². The van der Waals surface area contributed by atoms with Gasteiger partial charge >= 0.3 is 5.97 Å². The summed E-state index contributed by atoms with van der Waals surface area (Å²) in [4.78, 5) is 21.1. The van der Waals surface area contributed by atoms with Gasteiger partial charge in [-0.05, 0) is 25.3 Å². The van der Waals surface area contributed by atoms with Gasteiger partial charge in [0.05, 0.1) is 6.10 Å². The Hall–Kier alpha value is -1.69. The molecule has 0 spiro atoms. The van der Waals surface area contributed by atoms with Crippen LogP contribution in [0.15, 0.2) is 12.4 Å². The van der Waals surface area contributed by atoms with Crippen LogP contribution in [-0.2, 0) is 9.53 Å². The largest absolute Gasteiger partial charge is 0.480 e. The zero-order valence-corrected chi connectivity index (χ0v) is 10.4. The Morgan fingerprint density at radius 2 is 2.06 bits per heavy atom. The molecule has 0 radical (unpaired) electrons. The van der Waals surface area contributed by atoms with E-state index in [4.69, 9.17) is 9.84 Å². The molecule has 18 heavy (non-hydrogen) atoms. The average molecular weight is 251 g/mol. The van der Waals surface area contributed by atoms with Gasteiger partial charge in [0.25, 0.3) is 0 Å². The summed E-state index contributed by atoms with van der Waals surface area (Å²) in [5.74, 6) is -0.184. The van der Waals surface area contributed by atoms with Gasteiger partial charge in [0.1, 0.15) is 6.61 Å². The SMILES string of the molecule is Cc1cnc(N2CCC(OCC(=O)O)CC2)nc1. The summed E-state index contributed by atoms with van der Waals surface area (Å²) in [5.41, 5.74) is 1.04. The summed E-state index contributed by atoms with van der Waals surface area (Å²) in [6, 6.07) is 0. The van der Waals surface area contributed by atoms with Crippen LogP contribution in [0.3, 0.4) is 0 Å². The summed E-state index contributed by atoms with van der Waals surface area (Å²) in [7, 11) is 0. The van der Waals surface area contributed by atoms with Crippen molar-refractivity contribution in [3.8, 4) is 0 Å². The lowest BCUT2D eigenvalue weighted by molar-refractivity contribution is -0.144. The number of anilines is 1. The average Bonchev–Trinajstić information content (AvgIpc) is 2.38. The van der Waals surface area contributed by atoms with Crippen LogP contribution in [0.25, 0.3) is 0 Å². The van der Waals surface area contributed by atoms with Crippen molar-refractivity contribution in [1.29, 1.82) is 0 Å². The van der Waals surface area contributed by atoms with Crippen molar-refractivity contribution in [3.63, 3.8) is 0 Å². The molecule has 0 aliphatic carbocycles. The lowest BCUT2D eigenvalue weighted by atomic mass is 10.1. The van der Waals surface area contributed by atoms with Crippen LogP contribution in [-0.4, -0.2) is 46.8 Å². The van der Waals surface area contributed by atoms with Gasteiger partial charge in [-0.3, -0.25) is 0 Å². The molecule has 1 aliphatic heterocycles. The monoisotopic (exact) mass is 251 g/mol. The summed E-state index contributed by atoms with van der Waals surface area (Å²) in [5, 5.41) is 8.54. The highest BCUT2D eigenvalue weighted by molar-refractivity contribution is 5.68. The number of carbonyl (C=O) groups is 1. The number of aryl methyl sites for hydroxylation is 1. The summed E-state index contributed by atoms with van der Waals surface area (Å²) < 4.78 is 5.28. The molecular weight excluding hydrogens is 234 g/mol. The topological polar surface area (TPSA) is 75.6 Å². The van der Waals surface area contributed by atoms with Gasteiger partial charge in [-0.25, -0.2) is 14.8 Å². The fraction of sp³-hybridized carbons (Fsp3) is 0.583. The van der Waals surface area contributed by atoms with Crippen LogP contribution in [0, 0.1) is 6.92 Å². The maximum Gasteiger partial charge on any atom is 0.329 e. The van der Waals surface area contributed by atoms with E-state index in [0.717, 1.165) is 37.4 Å². The molecule has 0 saturated carbocycles. The first kappa shape index (κ1) is 12.8. The van der Waals surface area contributed by atoms with Gasteiger partial charge in [0.2, 0.25) is 5.95 Å². The van der Waals surface area contributed by atoms with Crippen LogP contribution < -0.4 is 4.90 Å². The van der Waals surface area contributed by atoms with Gasteiger partial charge in [-0.15, -0.1) is 0 Å². The normalized spacial score (nSPS) is 16.8. The van der Waals surface area contributed by atoms with Crippen molar-refractivity contribution >= 4 is 11.9 Å². The fourth-order valence-electron chi connectivity index (χ4n) is 1.96. The first-order valence-corrected chi connectivity index (χ1v) is 6.02. The van der Waals surface area contributed by atoms with E-state index in [9.17, 15) is 4.79 Å². The molecule has 6 nitrogen and oxygen atoms in total. The van der Waals surface area contributed by atoms with Gasteiger partial charge in [-0.1, -0.05) is 0 Å². The predicted molar refractivity (Wildman–Crippen MR) is 65.6 cm³/mol. The molecule has 0 unspecified atom stereocenters. The highest BCUT2D eigenvalue weighted by Crippen LogP contribution is 2.17. The molecule has 2 rings (SSSR count). The molecule has 1 aromatic rings. The van der Waals surface area contributed by atoms with Crippen LogP contribution in [0.1, 0.15) is 18.4 Å². The van der Waals surface area contributed by atoms with Gasteiger partial charge in [-0.2, -0.15) is 0 Å². The second-order valence-electron chi connectivity index (χ2n) is 4.45. The van der Waals surface area contributed by atoms with E-state index in [1.54, 1.807) is 12.4 Å². The minimum absolute atomic E-state index is 0.0304. The van der Waals surface area contributed by atoms with E-state index < -0.39 is 5.97 Å².